The average molecular weight is 228 g/mol. The van der Waals surface area contributed by atoms with Crippen LogP contribution in [0.1, 0.15) is 27.2 Å². The van der Waals surface area contributed by atoms with Crippen LogP contribution in [0.15, 0.2) is 0 Å². The van der Waals surface area contributed by atoms with Crippen LogP contribution in [-0.2, 0) is 4.74 Å². The van der Waals surface area contributed by atoms with Gasteiger partial charge in [-0.25, -0.2) is 0 Å². The van der Waals surface area contributed by atoms with E-state index in [2.05, 4.69) is 29.5 Å². The molecule has 1 saturated heterocycles. The minimum Gasteiger partial charge on any atom is -0.365 e. The van der Waals surface area contributed by atoms with Gasteiger partial charge in [0.05, 0.1) is 6.10 Å². The van der Waals surface area contributed by atoms with Crippen molar-refractivity contribution in [3.63, 3.8) is 0 Å². The predicted molar refractivity (Wildman–Crippen MR) is 44.3 cm³/mol. The van der Waals surface area contributed by atoms with Crippen LogP contribution in [0.4, 0.5) is 0 Å². The van der Waals surface area contributed by atoms with Gasteiger partial charge in [0.2, 0.25) is 0 Å². The molecule has 50 valence electrons. The fourth-order valence-corrected chi connectivity index (χ4v) is 1.61. The molecule has 1 heterocycles. The molecule has 0 radical (unpaired) electrons. The maximum Gasteiger partial charge on any atom is 0.109 e. The van der Waals surface area contributed by atoms with Crippen LogP contribution in [0, 0.1) is 0 Å². The molecule has 1 aliphatic rings. The summed E-state index contributed by atoms with van der Waals surface area (Å²) in [6.45, 7) is 2.12. The summed E-state index contributed by atoms with van der Waals surface area (Å²) in [6.07, 6.45) is 3.00. The van der Waals surface area contributed by atoms with Gasteiger partial charge in [-0.15, -0.1) is 0 Å². The monoisotopic (exact) mass is 228 g/mol. The van der Waals surface area contributed by atoms with E-state index in [9.17, 15) is 0 Å². The first kappa shape index (κ1) is 8.69. The maximum absolute atomic E-state index is 5.35. The van der Waals surface area contributed by atoms with E-state index in [4.69, 9.17) is 4.74 Å². The molecule has 1 nitrogen and oxygen atoms in total. The van der Waals surface area contributed by atoms with E-state index >= 15 is 0 Å². The van der Waals surface area contributed by atoms with Gasteiger partial charge in [0, 0.05) is 0 Å². The van der Waals surface area contributed by atoms with Gasteiger partial charge in [-0.3, -0.25) is 0 Å². The van der Waals surface area contributed by atoms with E-state index in [1.165, 1.54) is 12.8 Å². The molecule has 0 aromatic carbocycles. The number of alkyl halides is 1. The van der Waals surface area contributed by atoms with Crippen LogP contribution in [0.25, 0.3) is 0 Å². The van der Waals surface area contributed by atoms with Crippen molar-refractivity contribution in [2.45, 2.75) is 37.4 Å². The molecular weight excluding hydrogens is 215 g/mol. The zero-order valence-corrected chi connectivity index (χ0v) is 6.51. The van der Waals surface area contributed by atoms with Crippen molar-refractivity contribution in [2.75, 3.05) is 0 Å². The summed E-state index contributed by atoms with van der Waals surface area (Å²) in [5, 5.41) is 0. The summed E-state index contributed by atoms with van der Waals surface area (Å²) in [6, 6.07) is 0. The highest BCUT2D eigenvalue weighted by atomic mass is 127. The molecular formula is C6H13IO. The Labute approximate surface area is 64.9 Å². The van der Waals surface area contributed by atoms with E-state index < -0.39 is 0 Å². The zero-order valence-electron chi connectivity index (χ0n) is 4.36. The standard InChI is InChI=1S/C5H9IO.CH4/c1-4-2-3-5(6)7-4;/h4-5H,2-3H2,1H3;1H4. The van der Waals surface area contributed by atoms with Crippen molar-refractivity contribution in [1.29, 1.82) is 0 Å². The largest absolute Gasteiger partial charge is 0.365 e. The molecule has 0 spiro atoms. The normalized spacial score (nSPS) is 36.8. The average Bonchev–Trinajstić information content (AvgIpc) is 1.87. The van der Waals surface area contributed by atoms with Gasteiger partial charge >= 0.3 is 0 Å². The summed E-state index contributed by atoms with van der Waals surface area (Å²) in [4.78, 5) is 0. The van der Waals surface area contributed by atoms with Crippen LogP contribution in [0.2, 0.25) is 0 Å². The fraction of sp³-hybridized carbons (Fsp3) is 1.00. The lowest BCUT2D eigenvalue weighted by Crippen LogP contribution is -1.98. The van der Waals surface area contributed by atoms with Gasteiger partial charge in [0.15, 0.2) is 0 Å². The first-order chi connectivity index (χ1) is 3.29. The van der Waals surface area contributed by atoms with Gasteiger partial charge in [0.1, 0.15) is 4.11 Å². The number of hydrogen-bond donors (Lipinski definition) is 0. The van der Waals surface area contributed by atoms with Crippen molar-refractivity contribution >= 4 is 22.6 Å². The second-order valence-electron chi connectivity index (χ2n) is 1.93. The van der Waals surface area contributed by atoms with Crippen molar-refractivity contribution in [2.24, 2.45) is 0 Å². The first-order valence-electron chi connectivity index (χ1n) is 2.58. The number of hydrogen-bond acceptors (Lipinski definition) is 1. The van der Waals surface area contributed by atoms with E-state index in [0.29, 0.717) is 10.2 Å². The molecule has 2 unspecified atom stereocenters. The van der Waals surface area contributed by atoms with E-state index in [1.807, 2.05) is 0 Å². The summed E-state index contributed by atoms with van der Waals surface area (Å²) in [5.74, 6) is 0. The Morgan fingerprint density at radius 1 is 1.50 bits per heavy atom. The smallest absolute Gasteiger partial charge is 0.109 e. The maximum atomic E-state index is 5.35. The first-order valence-corrected chi connectivity index (χ1v) is 3.83. The van der Waals surface area contributed by atoms with Crippen LogP contribution >= 0.6 is 22.6 Å². The summed E-state index contributed by atoms with van der Waals surface area (Å²) in [5.41, 5.74) is 0. The molecule has 1 fully saturated rings. The molecule has 0 amide bonds. The highest BCUT2D eigenvalue weighted by Crippen LogP contribution is 2.23. The van der Waals surface area contributed by atoms with E-state index in [-0.39, 0.29) is 7.43 Å². The van der Waals surface area contributed by atoms with Gasteiger partial charge in [-0.05, 0) is 19.8 Å². The Morgan fingerprint density at radius 3 is 2.25 bits per heavy atom. The highest BCUT2D eigenvalue weighted by molar-refractivity contribution is 14.1. The minimum atomic E-state index is 0. The third-order valence-electron chi connectivity index (χ3n) is 1.18. The minimum absolute atomic E-state index is 0. The molecule has 0 aliphatic carbocycles. The van der Waals surface area contributed by atoms with Crippen LogP contribution in [0.3, 0.4) is 0 Å². The third kappa shape index (κ3) is 2.31. The van der Waals surface area contributed by atoms with Crippen LogP contribution < -0.4 is 0 Å². The van der Waals surface area contributed by atoms with Crippen molar-refractivity contribution in [1.82, 2.24) is 0 Å². The van der Waals surface area contributed by atoms with Gasteiger partial charge in [-0.1, -0.05) is 30.0 Å². The lowest BCUT2D eigenvalue weighted by Gasteiger charge is -1.99. The van der Waals surface area contributed by atoms with Gasteiger partial charge < -0.3 is 4.74 Å². The molecule has 8 heavy (non-hydrogen) atoms. The number of halogens is 1. The lowest BCUT2D eigenvalue weighted by atomic mass is 10.3. The quantitative estimate of drug-likeness (QED) is 0.457. The molecule has 2 atom stereocenters. The molecule has 0 aromatic heterocycles. The van der Waals surface area contributed by atoms with E-state index in [0.717, 1.165) is 0 Å². The summed E-state index contributed by atoms with van der Waals surface area (Å²) < 4.78 is 5.84. The number of ether oxygens (including phenoxy) is 1. The number of rotatable bonds is 0. The fourth-order valence-electron chi connectivity index (χ4n) is 0.754. The molecule has 1 aliphatic heterocycles. The molecule has 0 saturated carbocycles. The Kier molecular flexibility index (Phi) is 3.98. The highest BCUT2D eigenvalue weighted by Gasteiger charge is 2.17. The SMILES string of the molecule is C.CC1CCC(I)O1. The van der Waals surface area contributed by atoms with Crippen molar-refractivity contribution < 1.29 is 4.74 Å². The molecule has 0 aromatic rings. The van der Waals surface area contributed by atoms with Crippen LogP contribution in [0.5, 0.6) is 0 Å². The summed E-state index contributed by atoms with van der Waals surface area (Å²) in [7, 11) is 0. The zero-order chi connectivity index (χ0) is 5.28. The second-order valence-corrected chi connectivity index (χ2v) is 3.32. The molecule has 2 heteroatoms. The van der Waals surface area contributed by atoms with Gasteiger partial charge in [0.25, 0.3) is 0 Å². The Balaban J connectivity index is 0.000000490. The Morgan fingerprint density at radius 2 is 2.12 bits per heavy atom. The van der Waals surface area contributed by atoms with Crippen molar-refractivity contribution in [3.8, 4) is 0 Å². The molecule has 0 bridgehead atoms. The molecule has 0 N–H and O–H groups in total. The Hall–Kier alpha value is 0.690. The molecule has 1 rings (SSSR count). The van der Waals surface area contributed by atoms with Gasteiger partial charge in [-0.2, -0.15) is 0 Å². The third-order valence-corrected chi connectivity index (χ3v) is 2.10. The van der Waals surface area contributed by atoms with Crippen molar-refractivity contribution in [3.05, 3.63) is 0 Å². The second kappa shape index (κ2) is 3.67. The summed E-state index contributed by atoms with van der Waals surface area (Å²) >= 11 is 2.32. The lowest BCUT2D eigenvalue weighted by molar-refractivity contribution is 0.114. The topological polar surface area (TPSA) is 9.23 Å². The van der Waals surface area contributed by atoms with Crippen LogP contribution in [-0.4, -0.2) is 10.2 Å². The van der Waals surface area contributed by atoms with E-state index in [1.54, 1.807) is 0 Å². The predicted octanol–water partition coefficient (Wildman–Crippen LogP) is 2.58. The Bertz CT molecular complexity index is 57.5.